The molecule has 0 saturated heterocycles. The molecule has 0 atom stereocenters. The lowest BCUT2D eigenvalue weighted by Gasteiger charge is -2.26. The molecule has 0 fully saturated rings. The normalized spacial score (nSPS) is 11.7. The molecule has 0 bridgehead atoms. The number of furan rings is 2. The van der Waals surface area contributed by atoms with Crippen molar-refractivity contribution in [2.45, 2.75) is 0 Å². The highest BCUT2D eigenvalue weighted by Crippen LogP contribution is 2.42. The van der Waals surface area contributed by atoms with Crippen LogP contribution in [0.3, 0.4) is 0 Å². The van der Waals surface area contributed by atoms with Crippen LogP contribution in [0.25, 0.3) is 116 Å². The molecule has 70 heavy (non-hydrogen) atoms. The Morgan fingerprint density at radius 2 is 0.729 bits per heavy atom. The molecule has 0 radical (unpaired) electrons. The van der Waals surface area contributed by atoms with Gasteiger partial charge in [0, 0.05) is 60.6 Å². The number of aromatic nitrogens is 1. The van der Waals surface area contributed by atoms with Crippen molar-refractivity contribution in [2.24, 2.45) is 0 Å². The molecule has 3 heterocycles. The lowest BCUT2D eigenvalue weighted by Crippen LogP contribution is -2.09. The van der Waals surface area contributed by atoms with E-state index in [9.17, 15) is 0 Å². The quantitative estimate of drug-likeness (QED) is 0.152. The molecule has 0 unspecified atom stereocenters. The molecule has 0 saturated carbocycles. The average molecular weight is 895 g/mol. The van der Waals surface area contributed by atoms with E-state index in [1.165, 1.54) is 38.5 Å². The van der Waals surface area contributed by atoms with Crippen LogP contribution in [0.5, 0.6) is 0 Å². The molecule has 14 aromatic rings. The summed E-state index contributed by atoms with van der Waals surface area (Å²) in [7, 11) is 0. The first kappa shape index (κ1) is 39.8. The molecule has 328 valence electrons. The zero-order valence-electron chi connectivity index (χ0n) is 38.0. The molecule has 3 aromatic heterocycles. The second-order valence-corrected chi connectivity index (χ2v) is 18.1. The van der Waals surface area contributed by atoms with Crippen LogP contribution in [0.4, 0.5) is 17.1 Å². The summed E-state index contributed by atoms with van der Waals surface area (Å²) < 4.78 is 15.1. The Morgan fingerprint density at radius 1 is 0.271 bits per heavy atom. The Balaban J connectivity index is 0.797. The molecule has 0 N–H and O–H groups in total. The predicted molar refractivity (Wildman–Crippen MR) is 292 cm³/mol. The minimum Gasteiger partial charge on any atom is -0.456 e. The fourth-order valence-corrected chi connectivity index (χ4v) is 10.6. The summed E-state index contributed by atoms with van der Waals surface area (Å²) in [4.78, 5) is 2.33. The summed E-state index contributed by atoms with van der Waals surface area (Å²) >= 11 is 0. The molecular formula is C66H42N2O2. The van der Waals surface area contributed by atoms with E-state index in [0.717, 1.165) is 94.4 Å². The predicted octanol–water partition coefficient (Wildman–Crippen LogP) is 18.7. The van der Waals surface area contributed by atoms with Gasteiger partial charge < -0.3 is 18.3 Å². The first-order chi connectivity index (χ1) is 34.7. The van der Waals surface area contributed by atoms with Crippen molar-refractivity contribution >= 4 is 82.7 Å². The van der Waals surface area contributed by atoms with Gasteiger partial charge in [0.25, 0.3) is 0 Å². The first-order valence-corrected chi connectivity index (χ1v) is 23.8. The Bertz CT molecular complexity index is 4260. The van der Waals surface area contributed by atoms with Crippen molar-refractivity contribution in [1.82, 2.24) is 4.57 Å². The number of para-hydroxylation sites is 5. The van der Waals surface area contributed by atoms with Gasteiger partial charge in [-0.3, -0.25) is 0 Å². The van der Waals surface area contributed by atoms with Gasteiger partial charge in [0.2, 0.25) is 0 Å². The fraction of sp³-hybridized carbons (Fsp3) is 0. The van der Waals surface area contributed by atoms with Crippen LogP contribution in [0, 0.1) is 0 Å². The third-order valence-corrected chi connectivity index (χ3v) is 14.0. The van der Waals surface area contributed by atoms with Crippen molar-refractivity contribution < 1.29 is 8.83 Å². The van der Waals surface area contributed by atoms with Gasteiger partial charge >= 0.3 is 0 Å². The Labute approximate surface area is 404 Å². The van der Waals surface area contributed by atoms with E-state index in [4.69, 9.17) is 8.83 Å². The van der Waals surface area contributed by atoms with Gasteiger partial charge in [-0.25, -0.2) is 0 Å². The lowest BCUT2D eigenvalue weighted by molar-refractivity contribution is 0.669. The molecule has 4 heteroatoms. The van der Waals surface area contributed by atoms with Gasteiger partial charge in [-0.2, -0.15) is 0 Å². The van der Waals surface area contributed by atoms with Crippen LogP contribution in [0.1, 0.15) is 0 Å². The SMILES string of the molecule is c1ccc(-n2c3ccccc3c3cc(-c4ccc(-c5ccc(N(c6ccc(-c7ccc8c(c7)oc7ccccc78)cc6)c6ccc(-c7cccc8c7oc7ccccc78)cc6)cc5)cc4)ccc32)cc1. The monoisotopic (exact) mass is 894 g/mol. The third-order valence-electron chi connectivity index (χ3n) is 14.0. The number of rotatable bonds is 8. The Morgan fingerprint density at radius 3 is 1.40 bits per heavy atom. The standard InChI is InChI=1S/C66H42N2O2/c1-2-11-50(12-3-1)68-61-18-7-4-13-55(61)60-41-48(32-40-62(60)68)45-23-21-43(22-24-45)44-25-33-51(34-26-44)67(52-35-27-46(28-36-52)49-31-39-58-56-14-5-8-19-63(56)69-65(58)42-49)53-37-29-47(30-38-53)54-16-10-17-59-57-15-6-9-20-64(57)70-66(54)59/h1-42H. The van der Waals surface area contributed by atoms with Gasteiger partial charge in [0.05, 0.1) is 11.0 Å². The molecular weight excluding hydrogens is 853 g/mol. The van der Waals surface area contributed by atoms with Crippen molar-refractivity contribution in [3.05, 3.63) is 255 Å². The first-order valence-electron chi connectivity index (χ1n) is 23.8. The molecule has 0 aliphatic heterocycles. The maximum Gasteiger partial charge on any atom is 0.143 e. The number of hydrogen-bond acceptors (Lipinski definition) is 3. The van der Waals surface area contributed by atoms with Gasteiger partial charge in [-0.15, -0.1) is 0 Å². The number of fused-ring (bicyclic) bond motifs is 9. The highest BCUT2D eigenvalue weighted by molar-refractivity contribution is 6.11. The topological polar surface area (TPSA) is 34.5 Å². The van der Waals surface area contributed by atoms with Crippen LogP contribution in [0.2, 0.25) is 0 Å². The van der Waals surface area contributed by atoms with Crippen molar-refractivity contribution in [2.75, 3.05) is 4.90 Å². The van der Waals surface area contributed by atoms with Crippen molar-refractivity contribution in [3.63, 3.8) is 0 Å². The Hall–Kier alpha value is -9.38. The second-order valence-electron chi connectivity index (χ2n) is 18.1. The van der Waals surface area contributed by atoms with Crippen LogP contribution in [-0.4, -0.2) is 4.57 Å². The van der Waals surface area contributed by atoms with Crippen molar-refractivity contribution in [3.8, 4) is 50.2 Å². The minimum atomic E-state index is 0.891. The van der Waals surface area contributed by atoms with Gasteiger partial charge in [-0.1, -0.05) is 164 Å². The largest absolute Gasteiger partial charge is 0.456 e. The van der Waals surface area contributed by atoms with Crippen LogP contribution in [0.15, 0.2) is 264 Å². The van der Waals surface area contributed by atoms with E-state index >= 15 is 0 Å². The van der Waals surface area contributed by atoms with E-state index < -0.39 is 0 Å². The molecule has 0 aliphatic rings. The zero-order chi connectivity index (χ0) is 46.1. The van der Waals surface area contributed by atoms with Crippen LogP contribution >= 0.6 is 0 Å². The van der Waals surface area contributed by atoms with Gasteiger partial charge in [-0.05, 0) is 130 Å². The summed E-state index contributed by atoms with van der Waals surface area (Å²) in [6, 6.07) is 91.1. The lowest BCUT2D eigenvalue weighted by atomic mass is 9.98. The second kappa shape index (κ2) is 16.2. The summed E-state index contributed by atoms with van der Waals surface area (Å²) in [6.45, 7) is 0. The number of benzene rings is 11. The van der Waals surface area contributed by atoms with E-state index in [-0.39, 0.29) is 0 Å². The molecule has 11 aromatic carbocycles. The van der Waals surface area contributed by atoms with E-state index in [0.29, 0.717) is 0 Å². The third kappa shape index (κ3) is 6.61. The minimum absolute atomic E-state index is 0.891. The summed E-state index contributed by atoms with van der Waals surface area (Å²) in [5.41, 5.74) is 19.5. The zero-order valence-corrected chi connectivity index (χ0v) is 38.0. The van der Waals surface area contributed by atoms with E-state index in [1.54, 1.807) is 0 Å². The van der Waals surface area contributed by atoms with Gasteiger partial charge in [0.15, 0.2) is 0 Å². The maximum absolute atomic E-state index is 6.44. The molecule has 0 spiro atoms. The number of hydrogen-bond donors (Lipinski definition) is 0. The Kier molecular flexibility index (Phi) is 9.17. The average Bonchev–Trinajstić information content (AvgIpc) is 4.11. The van der Waals surface area contributed by atoms with E-state index in [1.807, 2.05) is 24.3 Å². The molecule has 14 rings (SSSR count). The van der Waals surface area contributed by atoms with Crippen LogP contribution in [-0.2, 0) is 0 Å². The summed E-state index contributed by atoms with van der Waals surface area (Å²) in [5.74, 6) is 0. The smallest absolute Gasteiger partial charge is 0.143 e. The highest BCUT2D eigenvalue weighted by Gasteiger charge is 2.18. The molecule has 0 amide bonds. The van der Waals surface area contributed by atoms with Crippen molar-refractivity contribution in [1.29, 1.82) is 0 Å². The molecule has 4 nitrogen and oxygen atoms in total. The summed E-state index contributed by atoms with van der Waals surface area (Å²) in [6.07, 6.45) is 0. The number of nitrogens with zero attached hydrogens (tertiary/aromatic N) is 2. The number of anilines is 3. The fourth-order valence-electron chi connectivity index (χ4n) is 10.6. The van der Waals surface area contributed by atoms with Gasteiger partial charge in [0.1, 0.15) is 22.3 Å². The highest BCUT2D eigenvalue weighted by atomic mass is 16.3. The van der Waals surface area contributed by atoms with E-state index in [2.05, 4.69) is 240 Å². The maximum atomic E-state index is 6.44. The summed E-state index contributed by atoms with van der Waals surface area (Å²) in [5, 5.41) is 7.02. The van der Waals surface area contributed by atoms with Crippen LogP contribution < -0.4 is 4.90 Å². The molecule has 0 aliphatic carbocycles.